The quantitative estimate of drug-likeness (QED) is 0.300. The summed E-state index contributed by atoms with van der Waals surface area (Å²) in [6, 6.07) is 31.5. The van der Waals surface area contributed by atoms with Gasteiger partial charge >= 0.3 is 5.97 Å². The molecule has 0 bridgehead atoms. The van der Waals surface area contributed by atoms with Gasteiger partial charge in [0.25, 0.3) is 5.91 Å². The lowest BCUT2D eigenvalue weighted by molar-refractivity contribution is -0.119. The molecule has 0 saturated carbocycles. The number of carbonyl (C=O) groups excluding carboxylic acids is 2. The number of nitrogens with zero attached hydrogens (tertiary/aromatic N) is 2. The van der Waals surface area contributed by atoms with Crippen molar-refractivity contribution in [2.75, 3.05) is 18.5 Å². The fourth-order valence-electron chi connectivity index (χ4n) is 5.18. The molecule has 1 aliphatic rings. The van der Waals surface area contributed by atoms with E-state index in [-0.39, 0.29) is 12.5 Å². The zero-order chi connectivity index (χ0) is 25.9. The predicted molar refractivity (Wildman–Crippen MR) is 149 cm³/mol. The average Bonchev–Trinajstić information content (AvgIpc) is 2.95. The summed E-state index contributed by atoms with van der Waals surface area (Å²) in [7, 11) is 0. The van der Waals surface area contributed by atoms with Crippen molar-refractivity contribution in [3.63, 3.8) is 0 Å². The van der Waals surface area contributed by atoms with Crippen LogP contribution in [0.1, 0.15) is 27.2 Å². The van der Waals surface area contributed by atoms with Crippen molar-refractivity contribution in [2.24, 2.45) is 0 Å². The highest BCUT2D eigenvalue weighted by Crippen LogP contribution is 2.29. The fourth-order valence-corrected chi connectivity index (χ4v) is 5.18. The fraction of sp³-hybridized carbons (Fsp3) is 0.156. The summed E-state index contributed by atoms with van der Waals surface area (Å²) in [6.45, 7) is 1.86. The van der Waals surface area contributed by atoms with Crippen molar-refractivity contribution in [3.05, 3.63) is 119 Å². The molecule has 1 amide bonds. The summed E-state index contributed by atoms with van der Waals surface area (Å²) in [4.78, 5) is 33.5. The van der Waals surface area contributed by atoms with E-state index in [4.69, 9.17) is 9.72 Å². The van der Waals surface area contributed by atoms with E-state index in [9.17, 15) is 9.59 Å². The molecule has 1 aromatic heterocycles. The second-order valence-corrected chi connectivity index (χ2v) is 9.53. The van der Waals surface area contributed by atoms with Crippen LogP contribution >= 0.6 is 0 Å². The minimum atomic E-state index is -0.505. The molecule has 0 unspecified atom stereocenters. The number of pyridine rings is 1. The second-order valence-electron chi connectivity index (χ2n) is 9.53. The maximum absolute atomic E-state index is 13.5. The highest BCUT2D eigenvalue weighted by Gasteiger charge is 2.27. The minimum Gasteiger partial charge on any atom is -0.452 e. The van der Waals surface area contributed by atoms with Gasteiger partial charge in [0.2, 0.25) is 0 Å². The first-order valence-electron chi connectivity index (χ1n) is 12.8. The first-order valence-corrected chi connectivity index (χ1v) is 12.8. The third kappa shape index (κ3) is 4.86. The highest BCUT2D eigenvalue weighted by atomic mass is 16.5. The van der Waals surface area contributed by atoms with E-state index in [1.807, 2.05) is 84.9 Å². The van der Waals surface area contributed by atoms with Crippen molar-refractivity contribution in [2.45, 2.75) is 19.5 Å². The number of amides is 1. The van der Waals surface area contributed by atoms with Crippen LogP contribution < -0.4 is 5.32 Å². The SMILES string of the molecule is O=C(COC(=O)c1c2c(nc3ccccc13)CCN(Cc1ccccc1)C2)Nc1cccc2ccccc12. The number of esters is 1. The van der Waals surface area contributed by atoms with Crippen molar-refractivity contribution in [1.82, 2.24) is 9.88 Å². The lowest BCUT2D eigenvalue weighted by Crippen LogP contribution is -2.32. The molecule has 6 heteroatoms. The van der Waals surface area contributed by atoms with Crippen LogP contribution in [-0.4, -0.2) is 34.9 Å². The minimum absolute atomic E-state index is 0.374. The number of anilines is 1. The Hall–Kier alpha value is -4.55. The van der Waals surface area contributed by atoms with Crippen LogP contribution in [0.5, 0.6) is 0 Å². The summed E-state index contributed by atoms with van der Waals surface area (Å²) in [5, 5.41) is 5.59. The normalized spacial score (nSPS) is 13.3. The zero-order valence-corrected chi connectivity index (χ0v) is 20.9. The van der Waals surface area contributed by atoms with Gasteiger partial charge in [-0.3, -0.25) is 14.7 Å². The van der Waals surface area contributed by atoms with Gasteiger partial charge in [-0.2, -0.15) is 0 Å². The summed E-state index contributed by atoms with van der Waals surface area (Å²) in [5.74, 6) is -0.887. The van der Waals surface area contributed by atoms with Crippen molar-refractivity contribution >= 4 is 39.2 Å². The Labute approximate surface area is 220 Å². The maximum atomic E-state index is 13.5. The van der Waals surface area contributed by atoms with E-state index in [0.29, 0.717) is 17.8 Å². The summed E-state index contributed by atoms with van der Waals surface area (Å²) in [5.41, 5.74) is 4.97. The standard InChI is InChI=1S/C32H27N3O3/c36-30(34-27-16-8-12-23-11-4-5-13-24(23)27)21-38-32(37)31-25-14-6-7-15-28(25)33-29-17-18-35(20-26(29)31)19-22-9-2-1-3-10-22/h1-16H,17-21H2,(H,34,36). The van der Waals surface area contributed by atoms with E-state index < -0.39 is 5.97 Å². The molecular formula is C32H27N3O3. The van der Waals surface area contributed by atoms with Crippen molar-refractivity contribution < 1.29 is 14.3 Å². The topological polar surface area (TPSA) is 71.5 Å². The van der Waals surface area contributed by atoms with Gasteiger partial charge in [-0.25, -0.2) is 4.79 Å². The van der Waals surface area contributed by atoms with E-state index in [0.717, 1.165) is 52.4 Å². The molecule has 1 N–H and O–H groups in total. The van der Waals surface area contributed by atoms with Gasteiger partial charge in [0.05, 0.1) is 11.1 Å². The molecule has 0 fully saturated rings. The molecule has 0 atom stereocenters. The molecular weight excluding hydrogens is 474 g/mol. The van der Waals surface area contributed by atoms with Gasteiger partial charge < -0.3 is 10.1 Å². The largest absolute Gasteiger partial charge is 0.452 e. The molecule has 6 nitrogen and oxygen atoms in total. The van der Waals surface area contributed by atoms with Crippen LogP contribution in [0.25, 0.3) is 21.7 Å². The molecule has 0 saturated heterocycles. The van der Waals surface area contributed by atoms with E-state index >= 15 is 0 Å². The van der Waals surface area contributed by atoms with Crippen LogP contribution in [0.15, 0.2) is 97.1 Å². The van der Waals surface area contributed by atoms with Gasteiger partial charge in [-0.05, 0) is 23.1 Å². The van der Waals surface area contributed by atoms with Gasteiger partial charge in [0.15, 0.2) is 6.61 Å². The van der Waals surface area contributed by atoms with E-state index in [1.54, 1.807) is 0 Å². The smallest absolute Gasteiger partial charge is 0.339 e. The molecule has 0 aliphatic carbocycles. The molecule has 0 radical (unpaired) electrons. The first kappa shape index (κ1) is 23.8. The number of aromatic nitrogens is 1. The number of para-hydroxylation sites is 1. The van der Waals surface area contributed by atoms with Crippen LogP contribution in [0, 0.1) is 0 Å². The lowest BCUT2D eigenvalue weighted by atomic mass is 9.95. The Kier molecular flexibility index (Phi) is 6.54. The molecule has 4 aromatic carbocycles. The molecule has 188 valence electrons. The van der Waals surface area contributed by atoms with Crippen molar-refractivity contribution in [1.29, 1.82) is 0 Å². The number of benzene rings is 4. The number of ether oxygens (including phenoxy) is 1. The Balaban J connectivity index is 1.24. The highest BCUT2D eigenvalue weighted by molar-refractivity contribution is 6.07. The Bertz CT molecular complexity index is 1640. The lowest BCUT2D eigenvalue weighted by Gasteiger charge is -2.30. The molecule has 38 heavy (non-hydrogen) atoms. The number of hydrogen-bond donors (Lipinski definition) is 1. The van der Waals surface area contributed by atoms with Crippen molar-refractivity contribution in [3.8, 4) is 0 Å². The van der Waals surface area contributed by atoms with Gasteiger partial charge in [0.1, 0.15) is 0 Å². The van der Waals surface area contributed by atoms with Gasteiger partial charge in [-0.1, -0.05) is 84.9 Å². The number of nitrogens with one attached hydrogen (secondary N) is 1. The predicted octanol–water partition coefficient (Wildman–Crippen LogP) is 5.74. The average molecular weight is 502 g/mol. The molecule has 5 aromatic rings. The number of fused-ring (bicyclic) bond motifs is 3. The Morgan fingerprint density at radius 2 is 1.58 bits per heavy atom. The number of hydrogen-bond acceptors (Lipinski definition) is 5. The van der Waals surface area contributed by atoms with E-state index in [2.05, 4.69) is 22.3 Å². The summed E-state index contributed by atoms with van der Waals surface area (Å²) >= 11 is 0. The van der Waals surface area contributed by atoms with Crippen LogP contribution in [0.2, 0.25) is 0 Å². The monoisotopic (exact) mass is 501 g/mol. The molecule has 6 rings (SSSR count). The summed E-state index contributed by atoms with van der Waals surface area (Å²) in [6.07, 6.45) is 0.745. The first-order chi connectivity index (χ1) is 18.7. The number of carbonyl (C=O) groups is 2. The summed E-state index contributed by atoms with van der Waals surface area (Å²) < 4.78 is 5.60. The van der Waals surface area contributed by atoms with Crippen LogP contribution in [0.4, 0.5) is 5.69 Å². The maximum Gasteiger partial charge on any atom is 0.339 e. The number of rotatable bonds is 6. The van der Waals surface area contributed by atoms with E-state index in [1.165, 1.54) is 5.56 Å². The van der Waals surface area contributed by atoms with Gasteiger partial charge in [0, 0.05) is 53.8 Å². The molecule has 2 heterocycles. The van der Waals surface area contributed by atoms with Crippen LogP contribution in [-0.2, 0) is 29.0 Å². The van der Waals surface area contributed by atoms with Gasteiger partial charge in [-0.15, -0.1) is 0 Å². The second kappa shape index (κ2) is 10.4. The molecule has 1 aliphatic heterocycles. The Morgan fingerprint density at radius 1 is 0.842 bits per heavy atom. The third-order valence-electron chi connectivity index (χ3n) is 6.98. The molecule has 0 spiro atoms. The zero-order valence-electron chi connectivity index (χ0n) is 20.9. The van der Waals surface area contributed by atoms with Crippen LogP contribution in [0.3, 0.4) is 0 Å². The third-order valence-corrected chi connectivity index (χ3v) is 6.98. The Morgan fingerprint density at radius 3 is 2.45 bits per heavy atom.